The van der Waals surface area contributed by atoms with E-state index in [-0.39, 0.29) is 11.3 Å². The van der Waals surface area contributed by atoms with Crippen molar-refractivity contribution in [2.75, 3.05) is 7.11 Å². The molecular formula is C19H15Cl2NO4. The highest BCUT2D eigenvalue weighted by atomic mass is 35.5. The molecular weight excluding hydrogens is 377 g/mol. The molecule has 1 N–H and O–H groups in total. The van der Waals surface area contributed by atoms with Gasteiger partial charge in [0.05, 0.1) is 23.8 Å². The molecule has 0 bridgehead atoms. The molecule has 0 aromatic heterocycles. The molecule has 0 unspecified atom stereocenters. The van der Waals surface area contributed by atoms with Crippen LogP contribution in [0.1, 0.15) is 18.1 Å². The first-order valence-corrected chi connectivity index (χ1v) is 8.26. The van der Waals surface area contributed by atoms with Gasteiger partial charge in [0.25, 0.3) is 0 Å². The van der Waals surface area contributed by atoms with Gasteiger partial charge in [-0.2, -0.15) is 5.26 Å². The molecule has 2 rings (SSSR count). The second-order valence-electron chi connectivity index (χ2n) is 5.27. The molecule has 5 nitrogen and oxygen atoms in total. The number of nitriles is 1. The van der Waals surface area contributed by atoms with Crippen molar-refractivity contribution in [3.8, 4) is 17.6 Å². The SMILES string of the molecule is COc1cccc(/C=C(/C#N)c2ccc(Cl)cc2Cl)c1O[C@@H](C)C(=O)O. The van der Waals surface area contributed by atoms with E-state index >= 15 is 0 Å². The quantitative estimate of drug-likeness (QED) is 0.558. The van der Waals surface area contributed by atoms with Crippen molar-refractivity contribution < 1.29 is 19.4 Å². The van der Waals surface area contributed by atoms with E-state index in [1.165, 1.54) is 14.0 Å². The minimum atomic E-state index is -1.12. The number of ether oxygens (including phenoxy) is 2. The molecule has 0 aliphatic rings. The summed E-state index contributed by atoms with van der Waals surface area (Å²) in [7, 11) is 1.45. The molecule has 2 aromatic rings. The molecule has 0 heterocycles. The lowest BCUT2D eigenvalue weighted by Crippen LogP contribution is -2.23. The molecule has 0 saturated carbocycles. The zero-order valence-corrected chi connectivity index (χ0v) is 15.5. The summed E-state index contributed by atoms with van der Waals surface area (Å²) in [6.07, 6.45) is 0.463. The number of methoxy groups -OCH3 is 1. The van der Waals surface area contributed by atoms with E-state index in [4.69, 9.17) is 37.8 Å². The Hall–Kier alpha value is -2.68. The molecule has 0 amide bonds. The number of carboxylic acids is 1. The number of hydrogen-bond acceptors (Lipinski definition) is 4. The standard InChI is InChI=1S/C19H15Cl2NO4/c1-11(19(23)24)26-18-12(4-3-5-17(18)25-2)8-13(10-22)15-7-6-14(20)9-16(15)21/h3-9,11H,1-2H3,(H,23,24)/b13-8-/t11-/m0/s1. The second-order valence-corrected chi connectivity index (χ2v) is 6.11. The van der Waals surface area contributed by atoms with Crippen LogP contribution in [-0.2, 0) is 4.79 Å². The van der Waals surface area contributed by atoms with Crippen LogP contribution in [0.25, 0.3) is 11.6 Å². The van der Waals surface area contributed by atoms with Crippen LogP contribution < -0.4 is 9.47 Å². The summed E-state index contributed by atoms with van der Waals surface area (Å²) in [5, 5.41) is 19.4. The average Bonchev–Trinajstić information content (AvgIpc) is 2.61. The van der Waals surface area contributed by atoms with Crippen molar-refractivity contribution >= 4 is 40.8 Å². The Balaban J connectivity index is 2.57. The fourth-order valence-corrected chi connectivity index (χ4v) is 2.70. The van der Waals surface area contributed by atoms with Crippen molar-refractivity contribution in [3.63, 3.8) is 0 Å². The van der Waals surface area contributed by atoms with E-state index in [1.54, 1.807) is 42.5 Å². The van der Waals surface area contributed by atoms with Crippen LogP contribution >= 0.6 is 23.2 Å². The first kappa shape index (κ1) is 19.6. The Morgan fingerprint density at radius 1 is 1.31 bits per heavy atom. The molecule has 2 aromatic carbocycles. The number of nitrogens with zero attached hydrogens (tertiary/aromatic N) is 1. The van der Waals surface area contributed by atoms with Gasteiger partial charge < -0.3 is 14.6 Å². The Bertz CT molecular complexity index is 903. The van der Waals surface area contributed by atoms with Gasteiger partial charge in [-0.25, -0.2) is 4.79 Å². The molecule has 0 fully saturated rings. The summed E-state index contributed by atoms with van der Waals surface area (Å²) in [5.41, 5.74) is 1.26. The largest absolute Gasteiger partial charge is 0.493 e. The van der Waals surface area contributed by atoms with Crippen LogP contribution in [0.5, 0.6) is 11.5 Å². The molecule has 0 saturated heterocycles. The van der Waals surface area contributed by atoms with E-state index in [9.17, 15) is 10.1 Å². The lowest BCUT2D eigenvalue weighted by Gasteiger charge is -2.16. The Labute approximate surface area is 161 Å². The highest BCUT2D eigenvalue weighted by Gasteiger charge is 2.18. The molecule has 7 heteroatoms. The summed E-state index contributed by atoms with van der Waals surface area (Å²) >= 11 is 12.1. The molecule has 134 valence electrons. The van der Waals surface area contributed by atoms with E-state index in [1.807, 2.05) is 0 Å². The lowest BCUT2D eigenvalue weighted by molar-refractivity contribution is -0.144. The van der Waals surface area contributed by atoms with Crippen molar-refractivity contribution in [3.05, 3.63) is 57.6 Å². The highest BCUT2D eigenvalue weighted by molar-refractivity contribution is 6.36. The maximum Gasteiger partial charge on any atom is 0.344 e. The summed E-state index contributed by atoms with van der Waals surface area (Å²) in [5.74, 6) is -0.541. The zero-order chi connectivity index (χ0) is 19.3. The number of rotatable bonds is 6. The monoisotopic (exact) mass is 391 g/mol. The van der Waals surface area contributed by atoms with Crippen molar-refractivity contribution in [2.24, 2.45) is 0 Å². The van der Waals surface area contributed by atoms with E-state index in [2.05, 4.69) is 6.07 Å². The number of para-hydroxylation sites is 1. The van der Waals surface area contributed by atoms with Crippen LogP contribution in [-0.4, -0.2) is 24.3 Å². The van der Waals surface area contributed by atoms with Gasteiger partial charge in [0, 0.05) is 16.1 Å². The number of halogens is 2. The second kappa shape index (κ2) is 8.61. The smallest absolute Gasteiger partial charge is 0.344 e. The number of carboxylic acid groups (broad SMARTS) is 1. The predicted molar refractivity (Wildman–Crippen MR) is 101 cm³/mol. The Morgan fingerprint density at radius 2 is 2.04 bits per heavy atom. The zero-order valence-electron chi connectivity index (χ0n) is 14.0. The van der Waals surface area contributed by atoms with Gasteiger partial charge >= 0.3 is 5.97 Å². The Kier molecular flexibility index (Phi) is 6.51. The fourth-order valence-electron chi connectivity index (χ4n) is 2.19. The minimum absolute atomic E-state index is 0.225. The molecule has 0 aliphatic carbocycles. The fraction of sp³-hybridized carbons (Fsp3) is 0.158. The van der Waals surface area contributed by atoms with Crippen molar-refractivity contribution in [2.45, 2.75) is 13.0 Å². The lowest BCUT2D eigenvalue weighted by atomic mass is 10.0. The van der Waals surface area contributed by atoms with Gasteiger partial charge in [-0.05, 0) is 31.2 Å². The van der Waals surface area contributed by atoms with Gasteiger partial charge in [0.1, 0.15) is 0 Å². The average molecular weight is 392 g/mol. The van der Waals surface area contributed by atoms with E-state index in [0.29, 0.717) is 26.9 Å². The van der Waals surface area contributed by atoms with Gasteiger partial charge in [0.2, 0.25) is 0 Å². The first-order chi connectivity index (χ1) is 12.4. The maximum atomic E-state index is 11.1. The van der Waals surface area contributed by atoms with Gasteiger partial charge in [-0.1, -0.05) is 41.4 Å². The number of benzene rings is 2. The highest BCUT2D eigenvalue weighted by Crippen LogP contribution is 2.35. The molecule has 0 aliphatic heterocycles. The first-order valence-electron chi connectivity index (χ1n) is 7.51. The predicted octanol–water partition coefficient (Wildman–Crippen LogP) is 4.92. The summed E-state index contributed by atoms with van der Waals surface area (Å²) in [6, 6.07) is 11.9. The van der Waals surface area contributed by atoms with Crippen LogP contribution in [0.3, 0.4) is 0 Å². The molecule has 0 spiro atoms. The topological polar surface area (TPSA) is 79.5 Å². The number of aliphatic carboxylic acids is 1. The van der Waals surface area contributed by atoms with Crippen LogP contribution in [0, 0.1) is 11.3 Å². The minimum Gasteiger partial charge on any atom is -0.493 e. The summed E-state index contributed by atoms with van der Waals surface area (Å²) < 4.78 is 10.8. The van der Waals surface area contributed by atoms with Gasteiger partial charge in [-0.3, -0.25) is 0 Å². The van der Waals surface area contributed by atoms with E-state index in [0.717, 1.165) is 0 Å². The van der Waals surface area contributed by atoms with E-state index < -0.39 is 12.1 Å². The van der Waals surface area contributed by atoms with Crippen molar-refractivity contribution in [1.29, 1.82) is 5.26 Å². The maximum absolute atomic E-state index is 11.1. The number of carbonyl (C=O) groups is 1. The third-order valence-corrected chi connectivity index (χ3v) is 4.06. The van der Waals surface area contributed by atoms with Crippen LogP contribution in [0.2, 0.25) is 10.0 Å². The molecule has 26 heavy (non-hydrogen) atoms. The number of hydrogen-bond donors (Lipinski definition) is 1. The van der Waals surface area contributed by atoms with Crippen molar-refractivity contribution in [1.82, 2.24) is 0 Å². The summed E-state index contributed by atoms with van der Waals surface area (Å²) in [4.78, 5) is 11.1. The third-order valence-electron chi connectivity index (χ3n) is 3.51. The van der Waals surface area contributed by atoms with Crippen LogP contribution in [0.15, 0.2) is 36.4 Å². The number of allylic oxidation sites excluding steroid dienone is 1. The van der Waals surface area contributed by atoms with Crippen LogP contribution in [0.4, 0.5) is 0 Å². The molecule has 0 radical (unpaired) electrons. The molecule has 1 atom stereocenters. The third kappa shape index (κ3) is 4.48. The Morgan fingerprint density at radius 3 is 2.62 bits per heavy atom. The van der Waals surface area contributed by atoms with Gasteiger partial charge in [-0.15, -0.1) is 0 Å². The normalized spacial score (nSPS) is 12.2. The summed E-state index contributed by atoms with van der Waals surface area (Å²) in [6.45, 7) is 1.41. The van der Waals surface area contributed by atoms with Gasteiger partial charge in [0.15, 0.2) is 17.6 Å².